The Morgan fingerprint density at radius 3 is 2.43 bits per heavy atom. The van der Waals surface area contributed by atoms with Gasteiger partial charge >= 0.3 is 0 Å². The first kappa shape index (κ1) is 17.0. The summed E-state index contributed by atoms with van der Waals surface area (Å²) in [7, 11) is 2.30. The Morgan fingerprint density at radius 1 is 1.29 bits per heavy atom. The molecule has 1 saturated carbocycles. The van der Waals surface area contributed by atoms with E-state index < -0.39 is 0 Å². The molecule has 0 bridgehead atoms. The maximum Gasteiger partial charge on any atom is 0.0595 e. The molecule has 1 fully saturated rings. The van der Waals surface area contributed by atoms with E-state index in [4.69, 9.17) is 5.73 Å². The first-order valence-corrected chi connectivity index (χ1v) is 9.47. The summed E-state index contributed by atoms with van der Waals surface area (Å²) in [6, 6.07) is 3.56. The normalized spacial score (nSPS) is 26.0. The Bertz CT molecular complexity index is 421. The molecule has 0 spiro atoms. The minimum atomic E-state index is 0.233. The topological polar surface area (TPSA) is 29.3 Å². The first-order valence-electron chi connectivity index (χ1n) is 8.59. The second-order valence-electron chi connectivity index (χ2n) is 6.73. The van der Waals surface area contributed by atoms with E-state index >= 15 is 0 Å². The van der Waals surface area contributed by atoms with Gasteiger partial charge in [-0.15, -0.1) is 11.3 Å². The zero-order valence-corrected chi connectivity index (χ0v) is 15.0. The molecule has 120 valence electrons. The molecule has 0 saturated heterocycles. The summed E-state index contributed by atoms with van der Waals surface area (Å²) < 4.78 is 0. The van der Waals surface area contributed by atoms with Gasteiger partial charge < -0.3 is 5.73 Å². The summed E-state index contributed by atoms with van der Waals surface area (Å²) in [4.78, 5) is 4.07. The van der Waals surface area contributed by atoms with Gasteiger partial charge in [0.2, 0.25) is 0 Å². The van der Waals surface area contributed by atoms with Crippen LogP contribution < -0.4 is 5.73 Å². The van der Waals surface area contributed by atoms with Crippen LogP contribution in [-0.2, 0) is 0 Å². The summed E-state index contributed by atoms with van der Waals surface area (Å²) in [5.41, 5.74) is 7.91. The molecule has 0 aromatic carbocycles. The number of likely N-dealkylation sites (N-methyl/N-ethyl adjacent to an activating group) is 1. The smallest absolute Gasteiger partial charge is 0.0595 e. The number of hydrogen-bond acceptors (Lipinski definition) is 3. The molecule has 0 amide bonds. The van der Waals surface area contributed by atoms with Crippen LogP contribution in [0.25, 0.3) is 0 Å². The maximum absolute atomic E-state index is 6.50. The highest BCUT2D eigenvalue weighted by Crippen LogP contribution is 2.37. The van der Waals surface area contributed by atoms with Crippen molar-refractivity contribution >= 4 is 11.3 Å². The van der Waals surface area contributed by atoms with E-state index in [1.807, 2.05) is 11.3 Å². The molecule has 1 aliphatic carbocycles. The molecule has 3 heteroatoms. The van der Waals surface area contributed by atoms with E-state index in [0.717, 1.165) is 12.3 Å². The molecule has 1 aromatic heterocycles. The van der Waals surface area contributed by atoms with Gasteiger partial charge in [-0.05, 0) is 69.0 Å². The van der Waals surface area contributed by atoms with Crippen LogP contribution in [-0.4, -0.2) is 24.0 Å². The van der Waals surface area contributed by atoms with E-state index in [1.165, 1.54) is 42.5 Å². The predicted molar refractivity (Wildman–Crippen MR) is 93.9 cm³/mol. The molecule has 0 radical (unpaired) electrons. The molecule has 2 rings (SSSR count). The Morgan fingerprint density at radius 2 is 1.95 bits per heavy atom. The van der Waals surface area contributed by atoms with Gasteiger partial charge in [0.25, 0.3) is 0 Å². The minimum Gasteiger partial charge on any atom is -0.326 e. The second-order valence-corrected chi connectivity index (χ2v) is 7.68. The number of aryl methyl sites for hydroxylation is 1. The van der Waals surface area contributed by atoms with Gasteiger partial charge in [-0.3, -0.25) is 4.90 Å². The zero-order valence-electron chi connectivity index (χ0n) is 14.1. The monoisotopic (exact) mass is 308 g/mol. The van der Waals surface area contributed by atoms with Crippen molar-refractivity contribution in [2.24, 2.45) is 11.7 Å². The van der Waals surface area contributed by atoms with Crippen LogP contribution in [0.3, 0.4) is 0 Å². The van der Waals surface area contributed by atoms with Gasteiger partial charge in [0.05, 0.1) is 6.04 Å². The highest BCUT2D eigenvalue weighted by molar-refractivity contribution is 7.10. The number of rotatable bonds is 6. The number of thiophene rings is 1. The van der Waals surface area contributed by atoms with Gasteiger partial charge in [0.1, 0.15) is 0 Å². The van der Waals surface area contributed by atoms with Crippen LogP contribution >= 0.6 is 11.3 Å². The number of nitrogens with zero attached hydrogens (tertiary/aromatic N) is 1. The third kappa shape index (κ3) is 3.88. The van der Waals surface area contributed by atoms with Gasteiger partial charge in [-0.2, -0.15) is 0 Å². The lowest BCUT2D eigenvalue weighted by atomic mass is 9.83. The van der Waals surface area contributed by atoms with Crippen molar-refractivity contribution in [3.05, 3.63) is 21.9 Å². The summed E-state index contributed by atoms with van der Waals surface area (Å²) in [6.07, 6.45) is 7.85. The van der Waals surface area contributed by atoms with Crippen LogP contribution in [0.15, 0.2) is 11.4 Å². The van der Waals surface area contributed by atoms with E-state index in [1.54, 1.807) is 0 Å². The molecule has 2 N–H and O–H groups in total. The fourth-order valence-electron chi connectivity index (χ4n) is 3.78. The lowest BCUT2D eigenvalue weighted by molar-refractivity contribution is 0.105. The van der Waals surface area contributed by atoms with E-state index in [0.29, 0.717) is 12.1 Å². The fourth-order valence-corrected chi connectivity index (χ4v) is 4.93. The molecule has 0 aliphatic heterocycles. The summed E-state index contributed by atoms with van der Waals surface area (Å²) in [5.74, 6) is 0.955. The average Bonchev–Trinajstić information content (AvgIpc) is 2.93. The van der Waals surface area contributed by atoms with Crippen molar-refractivity contribution in [1.29, 1.82) is 0 Å². The predicted octanol–water partition coefficient (Wildman–Crippen LogP) is 4.74. The lowest BCUT2D eigenvalue weighted by Gasteiger charge is -2.41. The molecule has 1 heterocycles. The highest BCUT2D eigenvalue weighted by atomic mass is 32.1. The molecule has 2 unspecified atom stereocenters. The van der Waals surface area contributed by atoms with Gasteiger partial charge in [0.15, 0.2) is 0 Å². The number of hydrogen-bond donors (Lipinski definition) is 1. The quantitative estimate of drug-likeness (QED) is 0.822. The van der Waals surface area contributed by atoms with Crippen molar-refractivity contribution in [2.75, 3.05) is 7.05 Å². The van der Waals surface area contributed by atoms with E-state index in [2.05, 4.69) is 44.2 Å². The first-order chi connectivity index (χ1) is 10.1. The van der Waals surface area contributed by atoms with Crippen molar-refractivity contribution in [3.63, 3.8) is 0 Å². The van der Waals surface area contributed by atoms with Gasteiger partial charge in [0, 0.05) is 17.0 Å². The van der Waals surface area contributed by atoms with Crippen LogP contribution in [0.5, 0.6) is 0 Å². The summed E-state index contributed by atoms with van der Waals surface area (Å²) in [5, 5.41) is 2.21. The van der Waals surface area contributed by atoms with Gasteiger partial charge in [-0.25, -0.2) is 0 Å². The zero-order chi connectivity index (χ0) is 15.4. The van der Waals surface area contributed by atoms with Crippen molar-refractivity contribution in [2.45, 2.75) is 77.4 Å². The molecular formula is C18H32N2S. The Hall–Kier alpha value is -0.380. The molecule has 1 aromatic rings. The summed E-state index contributed by atoms with van der Waals surface area (Å²) in [6.45, 7) is 6.77. The van der Waals surface area contributed by atoms with Crippen LogP contribution in [0.2, 0.25) is 0 Å². The van der Waals surface area contributed by atoms with Crippen molar-refractivity contribution in [1.82, 2.24) is 4.90 Å². The third-order valence-electron chi connectivity index (χ3n) is 5.46. The summed E-state index contributed by atoms with van der Waals surface area (Å²) >= 11 is 1.88. The molecule has 1 aliphatic rings. The van der Waals surface area contributed by atoms with Crippen molar-refractivity contribution < 1.29 is 0 Å². The largest absolute Gasteiger partial charge is 0.326 e. The molecule has 2 atom stereocenters. The third-order valence-corrected chi connectivity index (χ3v) is 6.55. The van der Waals surface area contributed by atoms with Crippen molar-refractivity contribution in [3.8, 4) is 0 Å². The molecular weight excluding hydrogens is 276 g/mol. The van der Waals surface area contributed by atoms with Crippen LogP contribution in [0.1, 0.15) is 68.9 Å². The van der Waals surface area contributed by atoms with Crippen LogP contribution in [0.4, 0.5) is 0 Å². The minimum absolute atomic E-state index is 0.233. The van der Waals surface area contributed by atoms with Crippen LogP contribution in [0, 0.1) is 12.8 Å². The van der Waals surface area contributed by atoms with Gasteiger partial charge in [-0.1, -0.05) is 20.3 Å². The molecule has 21 heavy (non-hydrogen) atoms. The second kappa shape index (κ2) is 7.75. The SMILES string of the molecule is CCC1CCC(N(C)C(c2sccc2C)C(N)CC)CC1. The Kier molecular flexibility index (Phi) is 6.27. The van der Waals surface area contributed by atoms with E-state index in [9.17, 15) is 0 Å². The lowest BCUT2D eigenvalue weighted by Crippen LogP contribution is -2.45. The maximum atomic E-state index is 6.50. The Balaban J connectivity index is 2.12. The standard InChI is InChI=1S/C18H32N2S/c1-5-14-7-9-15(10-8-14)20(4)17(16(19)6-2)18-13(3)11-12-21-18/h11-12,14-17H,5-10,19H2,1-4H3. The fraction of sp³-hybridized carbons (Fsp3) is 0.778. The average molecular weight is 309 g/mol. The molecule has 2 nitrogen and oxygen atoms in total. The number of nitrogens with two attached hydrogens (primary N) is 1. The van der Waals surface area contributed by atoms with E-state index in [-0.39, 0.29) is 6.04 Å². The Labute approximate surface area is 134 Å². The highest BCUT2D eigenvalue weighted by Gasteiger charge is 2.32.